The first-order valence-corrected chi connectivity index (χ1v) is 7.96. The lowest BCUT2D eigenvalue weighted by Crippen LogP contribution is -2.33. The van der Waals surface area contributed by atoms with Gasteiger partial charge in [0, 0.05) is 5.92 Å². The van der Waals surface area contributed by atoms with Gasteiger partial charge in [0.05, 0.1) is 25.2 Å². The normalized spacial score (nSPS) is 22.9. The lowest BCUT2D eigenvalue weighted by atomic mass is 10.0. The van der Waals surface area contributed by atoms with Crippen molar-refractivity contribution in [3.05, 3.63) is 54.5 Å². The topological polar surface area (TPSA) is 95.9 Å². The number of imidazole rings is 1. The molecule has 2 aliphatic heterocycles. The van der Waals surface area contributed by atoms with Crippen molar-refractivity contribution >= 4 is 17.5 Å². The lowest BCUT2D eigenvalue weighted by molar-refractivity contribution is -0.325. The molecule has 0 radical (unpaired) electrons. The van der Waals surface area contributed by atoms with Gasteiger partial charge >= 0.3 is 0 Å². The van der Waals surface area contributed by atoms with Crippen molar-refractivity contribution in [3.63, 3.8) is 0 Å². The first-order valence-electron chi connectivity index (χ1n) is 7.96. The average molecular weight is 341 g/mol. The van der Waals surface area contributed by atoms with Crippen molar-refractivity contribution in [1.82, 2.24) is 14.9 Å². The third-order valence-corrected chi connectivity index (χ3v) is 4.09. The number of hydrogen-bond donors (Lipinski definition) is 2. The summed E-state index contributed by atoms with van der Waals surface area (Å²) in [5.41, 5.74) is 8.17. The number of nitrogens with zero attached hydrogens (tertiary/aromatic N) is 3. The summed E-state index contributed by atoms with van der Waals surface area (Å²) in [6.45, 7) is 4.43. The molecular weight excluding hydrogens is 322 g/mol. The van der Waals surface area contributed by atoms with Crippen molar-refractivity contribution in [3.8, 4) is 0 Å². The molecule has 0 atom stereocenters. The van der Waals surface area contributed by atoms with Crippen molar-refractivity contribution in [1.29, 1.82) is 0 Å². The fourth-order valence-corrected chi connectivity index (χ4v) is 2.80. The molecular formula is C17H19N5O3. The van der Waals surface area contributed by atoms with E-state index in [1.165, 1.54) is 5.56 Å². The van der Waals surface area contributed by atoms with Gasteiger partial charge in [0.25, 0.3) is 6.48 Å². The predicted octanol–water partition coefficient (Wildman–Crippen LogP) is 1.49. The first-order chi connectivity index (χ1) is 12.2. The van der Waals surface area contributed by atoms with Crippen LogP contribution in [0, 0.1) is 0 Å². The van der Waals surface area contributed by atoms with Gasteiger partial charge in [-0.1, -0.05) is 36.9 Å². The SMILES string of the molecule is C=C1NC(N)=Nc2c1ncn2COC1OCC(c2ccccc2)CO1. The van der Waals surface area contributed by atoms with E-state index < -0.39 is 6.48 Å². The molecule has 8 heteroatoms. The van der Waals surface area contributed by atoms with E-state index in [0.717, 1.165) is 0 Å². The Hall–Kier alpha value is -2.68. The van der Waals surface area contributed by atoms with Crippen molar-refractivity contribution in [2.24, 2.45) is 10.7 Å². The van der Waals surface area contributed by atoms with Gasteiger partial charge < -0.3 is 25.3 Å². The molecule has 3 N–H and O–H groups in total. The van der Waals surface area contributed by atoms with Crippen LogP contribution in [0.2, 0.25) is 0 Å². The third kappa shape index (κ3) is 3.27. The van der Waals surface area contributed by atoms with Gasteiger partial charge in [0.1, 0.15) is 12.4 Å². The van der Waals surface area contributed by atoms with Crippen LogP contribution in [0.4, 0.5) is 5.82 Å². The minimum Gasteiger partial charge on any atom is -0.369 e. The van der Waals surface area contributed by atoms with E-state index in [2.05, 4.69) is 34.0 Å². The summed E-state index contributed by atoms with van der Waals surface area (Å²) in [4.78, 5) is 8.50. The number of hydrogen-bond acceptors (Lipinski definition) is 7. The molecule has 1 aromatic carbocycles. The molecule has 4 rings (SSSR count). The Labute approximate surface area is 144 Å². The fourth-order valence-electron chi connectivity index (χ4n) is 2.80. The van der Waals surface area contributed by atoms with Crippen molar-refractivity contribution in [2.45, 2.75) is 19.1 Å². The van der Waals surface area contributed by atoms with Crippen LogP contribution in [-0.2, 0) is 20.9 Å². The van der Waals surface area contributed by atoms with Crippen LogP contribution in [-0.4, -0.2) is 35.2 Å². The molecule has 0 amide bonds. The second kappa shape index (κ2) is 6.67. The van der Waals surface area contributed by atoms with Gasteiger partial charge in [-0.2, -0.15) is 4.99 Å². The molecule has 3 heterocycles. The van der Waals surface area contributed by atoms with E-state index in [4.69, 9.17) is 19.9 Å². The number of nitrogens with two attached hydrogens (primary N) is 1. The zero-order valence-corrected chi connectivity index (χ0v) is 13.6. The predicted molar refractivity (Wildman–Crippen MR) is 91.6 cm³/mol. The monoisotopic (exact) mass is 341 g/mol. The summed E-state index contributed by atoms with van der Waals surface area (Å²) in [7, 11) is 0. The maximum atomic E-state index is 5.72. The highest BCUT2D eigenvalue weighted by Gasteiger charge is 2.25. The number of nitrogens with one attached hydrogen (secondary N) is 1. The van der Waals surface area contributed by atoms with Crippen molar-refractivity contribution < 1.29 is 14.2 Å². The molecule has 2 aromatic rings. The van der Waals surface area contributed by atoms with Crippen LogP contribution in [0.15, 0.2) is 48.2 Å². The quantitative estimate of drug-likeness (QED) is 0.875. The van der Waals surface area contributed by atoms with Crippen molar-refractivity contribution in [2.75, 3.05) is 13.2 Å². The molecule has 2 aliphatic rings. The van der Waals surface area contributed by atoms with E-state index >= 15 is 0 Å². The number of fused-ring (bicyclic) bond motifs is 1. The fraction of sp³-hybridized carbons (Fsp3) is 0.294. The lowest BCUT2D eigenvalue weighted by Gasteiger charge is -2.29. The second-order valence-corrected chi connectivity index (χ2v) is 5.85. The maximum Gasteiger partial charge on any atom is 0.273 e. The second-order valence-electron chi connectivity index (χ2n) is 5.85. The van der Waals surface area contributed by atoms with Gasteiger partial charge in [-0.25, -0.2) is 4.98 Å². The van der Waals surface area contributed by atoms with E-state index in [1.807, 2.05) is 18.2 Å². The van der Waals surface area contributed by atoms with Gasteiger partial charge in [-0.05, 0) is 5.56 Å². The first kappa shape index (κ1) is 15.8. The number of ether oxygens (including phenoxy) is 3. The van der Waals surface area contributed by atoms with Crippen LogP contribution >= 0.6 is 0 Å². The van der Waals surface area contributed by atoms with Crippen LogP contribution < -0.4 is 11.1 Å². The zero-order valence-electron chi connectivity index (χ0n) is 13.6. The summed E-state index contributed by atoms with van der Waals surface area (Å²) in [6.07, 6.45) is 1.62. The van der Waals surface area contributed by atoms with Gasteiger partial charge in [-0.3, -0.25) is 4.57 Å². The molecule has 1 saturated heterocycles. The summed E-state index contributed by atoms with van der Waals surface area (Å²) in [5.74, 6) is 1.08. The Bertz CT molecular complexity index is 794. The van der Waals surface area contributed by atoms with E-state index in [1.54, 1.807) is 10.9 Å². The minimum absolute atomic E-state index is 0.188. The van der Waals surface area contributed by atoms with E-state index in [0.29, 0.717) is 30.4 Å². The Morgan fingerprint density at radius 1 is 1.28 bits per heavy atom. The summed E-state index contributed by atoms with van der Waals surface area (Å²) >= 11 is 0. The molecule has 0 unspecified atom stereocenters. The number of benzene rings is 1. The number of aliphatic imine (C=N–C) groups is 1. The molecule has 0 spiro atoms. The summed E-state index contributed by atoms with van der Waals surface area (Å²) in [6, 6.07) is 10.1. The van der Waals surface area contributed by atoms with Crippen LogP contribution in [0.5, 0.6) is 0 Å². The van der Waals surface area contributed by atoms with E-state index in [9.17, 15) is 0 Å². The molecule has 0 aliphatic carbocycles. The molecule has 1 fully saturated rings. The highest BCUT2D eigenvalue weighted by atomic mass is 16.8. The number of guanidine groups is 1. The Kier molecular flexibility index (Phi) is 4.22. The standard InChI is InChI=1S/C17H19N5O3/c1-11-14-15(21-16(18)20-11)22(9-19-14)10-25-17-23-7-13(8-24-17)12-5-3-2-4-6-12/h2-6,9,13,17H,1,7-8,10H2,(H3,18,20,21). The molecule has 8 nitrogen and oxygen atoms in total. The van der Waals surface area contributed by atoms with Crippen LogP contribution in [0.1, 0.15) is 17.2 Å². The molecule has 130 valence electrons. The zero-order chi connectivity index (χ0) is 17.2. The van der Waals surface area contributed by atoms with Gasteiger partial charge in [-0.15, -0.1) is 0 Å². The summed E-state index contributed by atoms with van der Waals surface area (Å²) < 4.78 is 18.7. The number of rotatable bonds is 4. The maximum absolute atomic E-state index is 5.72. The highest BCUT2D eigenvalue weighted by molar-refractivity contribution is 5.93. The molecule has 25 heavy (non-hydrogen) atoms. The smallest absolute Gasteiger partial charge is 0.273 e. The van der Waals surface area contributed by atoms with Gasteiger partial charge in [0.15, 0.2) is 11.8 Å². The largest absolute Gasteiger partial charge is 0.369 e. The molecule has 0 saturated carbocycles. The molecule has 0 bridgehead atoms. The average Bonchev–Trinajstić information content (AvgIpc) is 3.04. The van der Waals surface area contributed by atoms with Crippen LogP contribution in [0.25, 0.3) is 5.70 Å². The Morgan fingerprint density at radius 2 is 2.04 bits per heavy atom. The number of aromatic nitrogens is 2. The highest BCUT2D eigenvalue weighted by Crippen LogP contribution is 2.27. The Balaban J connectivity index is 1.34. The van der Waals surface area contributed by atoms with E-state index in [-0.39, 0.29) is 18.6 Å². The summed E-state index contributed by atoms with van der Waals surface area (Å²) in [5, 5.41) is 2.84. The third-order valence-electron chi connectivity index (χ3n) is 4.09. The Morgan fingerprint density at radius 3 is 2.80 bits per heavy atom. The molecule has 1 aromatic heterocycles. The van der Waals surface area contributed by atoms with Crippen LogP contribution in [0.3, 0.4) is 0 Å². The minimum atomic E-state index is -0.718. The van der Waals surface area contributed by atoms with Gasteiger partial charge in [0.2, 0.25) is 0 Å².